The lowest BCUT2D eigenvalue weighted by atomic mass is 10.0. The number of H-pyrrole nitrogens is 1. The minimum absolute atomic E-state index is 0.139. The predicted molar refractivity (Wildman–Crippen MR) is 123 cm³/mol. The van der Waals surface area contributed by atoms with Gasteiger partial charge in [0.2, 0.25) is 17.7 Å². The minimum atomic E-state index is -1.29. The molecular formula is C21H29N5O5S. The van der Waals surface area contributed by atoms with Gasteiger partial charge in [-0.25, -0.2) is 4.79 Å². The van der Waals surface area contributed by atoms with Crippen molar-refractivity contribution >= 4 is 46.4 Å². The number of aliphatic carboxylic acids is 1. The third kappa shape index (κ3) is 7.27. The van der Waals surface area contributed by atoms with Crippen LogP contribution in [0, 0.1) is 0 Å². The van der Waals surface area contributed by atoms with Gasteiger partial charge in [0.05, 0.1) is 6.04 Å². The Labute approximate surface area is 189 Å². The SMILES string of the molecule is CSCCC(NC(=O)C(N)Cc1c[nH]c2ccccc12)C(=O)NC(CCC(N)=O)C(=O)O. The number of aromatic amines is 1. The number of nitrogens with two attached hydrogens (primary N) is 2. The maximum Gasteiger partial charge on any atom is 0.326 e. The number of carbonyl (C=O) groups is 4. The van der Waals surface area contributed by atoms with Crippen LogP contribution in [0.5, 0.6) is 0 Å². The zero-order valence-electron chi connectivity index (χ0n) is 17.8. The molecule has 0 saturated heterocycles. The van der Waals surface area contributed by atoms with Crippen molar-refractivity contribution in [2.24, 2.45) is 11.5 Å². The molecule has 174 valence electrons. The van der Waals surface area contributed by atoms with E-state index < -0.39 is 41.8 Å². The average molecular weight is 464 g/mol. The van der Waals surface area contributed by atoms with Gasteiger partial charge < -0.3 is 32.2 Å². The Morgan fingerprint density at radius 3 is 2.44 bits per heavy atom. The van der Waals surface area contributed by atoms with Gasteiger partial charge in [-0.2, -0.15) is 11.8 Å². The van der Waals surface area contributed by atoms with Gasteiger partial charge >= 0.3 is 5.97 Å². The Bertz CT molecular complexity index is 963. The van der Waals surface area contributed by atoms with Gasteiger partial charge in [-0.05, 0) is 42.9 Å². The summed E-state index contributed by atoms with van der Waals surface area (Å²) >= 11 is 1.48. The molecule has 3 amide bonds. The number of carboxylic acids is 1. The Hall–Kier alpha value is -3.05. The average Bonchev–Trinajstić information content (AvgIpc) is 3.16. The monoisotopic (exact) mass is 463 g/mol. The number of carbonyl (C=O) groups excluding carboxylic acids is 3. The summed E-state index contributed by atoms with van der Waals surface area (Å²) in [5.74, 6) is -2.55. The van der Waals surface area contributed by atoms with Crippen LogP contribution in [0.25, 0.3) is 10.9 Å². The van der Waals surface area contributed by atoms with Crippen LogP contribution in [-0.4, -0.2) is 63.9 Å². The number of aromatic nitrogens is 1. The molecule has 0 spiro atoms. The van der Waals surface area contributed by atoms with Crippen molar-refractivity contribution in [1.29, 1.82) is 0 Å². The minimum Gasteiger partial charge on any atom is -0.480 e. The quantitative estimate of drug-likeness (QED) is 0.244. The van der Waals surface area contributed by atoms with Crippen molar-refractivity contribution in [2.75, 3.05) is 12.0 Å². The van der Waals surface area contributed by atoms with Gasteiger partial charge in [0.1, 0.15) is 12.1 Å². The number of primary amides is 1. The normalized spacial score (nSPS) is 13.8. The van der Waals surface area contributed by atoms with E-state index in [1.54, 1.807) is 6.20 Å². The maximum atomic E-state index is 12.7. The molecule has 0 fully saturated rings. The standard InChI is InChI=1S/C21H29N5O5S/c1-32-9-8-16(20(29)26-17(21(30)31)6-7-18(23)27)25-19(28)14(22)10-12-11-24-15-5-3-2-4-13(12)15/h2-5,11,14,16-17,24H,6-10,22H2,1H3,(H2,23,27)(H,25,28)(H,26,29)(H,30,31). The Morgan fingerprint density at radius 2 is 1.78 bits per heavy atom. The number of thioether (sulfide) groups is 1. The Morgan fingerprint density at radius 1 is 1.09 bits per heavy atom. The third-order valence-electron chi connectivity index (χ3n) is 4.99. The lowest BCUT2D eigenvalue weighted by Gasteiger charge is -2.22. The van der Waals surface area contributed by atoms with Crippen molar-refractivity contribution in [3.05, 3.63) is 36.0 Å². The molecule has 0 aliphatic carbocycles. The largest absolute Gasteiger partial charge is 0.480 e. The second kappa shape index (κ2) is 12.1. The zero-order chi connectivity index (χ0) is 23.7. The topological polar surface area (TPSA) is 180 Å². The van der Waals surface area contributed by atoms with Crippen molar-refractivity contribution in [3.63, 3.8) is 0 Å². The molecule has 0 bridgehead atoms. The number of hydrogen-bond acceptors (Lipinski definition) is 6. The molecule has 1 heterocycles. The molecule has 3 unspecified atom stereocenters. The molecule has 3 atom stereocenters. The van der Waals surface area contributed by atoms with Gasteiger partial charge in [0, 0.05) is 23.5 Å². The van der Waals surface area contributed by atoms with Crippen LogP contribution in [0.3, 0.4) is 0 Å². The summed E-state index contributed by atoms with van der Waals surface area (Å²) in [6, 6.07) is 4.50. The lowest BCUT2D eigenvalue weighted by Crippen LogP contribution is -2.55. The molecule has 32 heavy (non-hydrogen) atoms. The molecule has 11 heteroatoms. The van der Waals surface area contributed by atoms with Crippen LogP contribution >= 0.6 is 11.8 Å². The second-order valence-corrected chi connectivity index (χ2v) is 8.40. The van der Waals surface area contributed by atoms with Crippen LogP contribution in [0.1, 0.15) is 24.8 Å². The molecule has 1 aromatic heterocycles. The van der Waals surface area contributed by atoms with E-state index in [9.17, 15) is 24.3 Å². The summed E-state index contributed by atoms with van der Waals surface area (Å²) in [7, 11) is 0. The first kappa shape index (κ1) is 25.2. The van der Waals surface area contributed by atoms with E-state index in [0.717, 1.165) is 16.5 Å². The first-order valence-electron chi connectivity index (χ1n) is 10.1. The van der Waals surface area contributed by atoms with Gasteiger partial charge in [0.25, 0.3) is 0 Å². The highest BCUT2D eigenvalue weighted by atomic mass is 32.2. The highest BCUT2D eigenvalue weighted by Crippen LogP contribution is 2.18. The van der Waals surface area contributed by atoms with Crippen molar-refractivity contribution in [1.82, 2.24) is 15.6 Å². The Balaban J connectivity index is 2.04. The van der Waals surface area contributed by atoms with E-state index in [1.807, 2.05) is 30.5 Å². The molecule has 10 nitrogen and oxygen atoms in total. The second-order valence-electron chi connectivity index (χ2n) is 7.42. The predicted octanol–water partition coefficient (Wildman–Crippen LogP) is 0.111. The molecule has 2 aromatic rings. The number of carboxylic acid groups (broad SMARTS) is 1. The number of nitrogens with one attached hydrogen (secondary N) is 3. The van der Waals surface area contributed by atoms with Crippen LogP contribution in [0.2, 0.25) is 0 Å². The number of benzene rings is 1. The number of fused-ring (bicyclic) bond motifs is 1. The van der Waals surface area contributed by atoms with E-state index in [4.69, 9.17) is 11.5 Å². The number of para-hydroxylation sites is 1. The van der Waals surface area contributed by atoms with Crippen LogP contribution in [0.4, 0.5) is 0 Å². The summed E-state index contributed by atoms with van der Waals surface area (Å²) in [6.45, 7) is 0. The first-order chi connectivity index (χ1) is 15.2. The smallest absolute Gasteiger partial charge is 0.326 e. The summed E-state index contributed by atoms with van der Waals surface area (Å²) < 4.78 is 0. The fraction of sp³-hybridized carbons (Fsp3) is 0.429. The molecule has 1 aromatic carbocycles. The fourth-order valence-electron chi connectivity index (χ4n) is 3.23. The molecule has 0 radical (unpaired) electrons. The van der Waals surface area contributed by atoms with Crippen molar-refractivity contribution < 1.29 is 24.3 Å². The highest BCUT2D eigenvalue weighted by molar-refractivity contribution is 7.98. The molecule has 0 saturated carbocycles. The van der Waals surface area contributed by atoms with Gasteiger partial charge in [-0.15, -0.1) is 0 Å². The van der Waals surface area contributed by atoms with Crippen LogP contribution < -0.4 is 22.1 Å². The number of amides is 3. The molecule has 0 aliphatic rings. The maximum absolute atomic E-state index is 12.7. The highest BCUT2D eigenvalue weighted by Gasteiger charge is 2.28. The lowest BCUT2D eigenvalue weighted by molar-refractivity contribution is -0.142. The van der Waals surface area contributed by atoms with Crippen LogP contribution in [0.15, 0.2) is 30.5 Å². The van der Waals surface area contributed by atoms with E-state index in [0.29, 0.717) is 12.2 Å². The van der Waals surface area contributed by atoms with Gasteiger partial charge in [-0.1, -0.05) is 18.2 Å². The van der Waals surface area contributed by atoms with E-state index in [-0.39, 0.29) is 19.3 Å². The molecule has 0 aliphatic heterocycles. The first-order valence-corrected chi connectivity index (χ1v) is 11.5. The molecule has 8 N–H and O–H groups in total. The van der Waals surface area contributed by atoms with Crippen molar-refractivity contribution in [2.45, 2.75) is 43.8 Å². The summed E-state index contributed by atoms with van der Waals surface area (Å²) in [6.07, 6.45) is 3.89. The zero-order valence-corrected chi connectivity index (χ0v) is 18.6. The third-order valence-corrected chi connectivity index (χ3v) is 5.63. The van der Waals surface area contributed by atoms with Gasteiger partial charge in [-0.3, -0.25) is 14.4 Å². The summed E-state index contributed by atoms with van der Waals surface area (Å²) in [5.41, 5.74) is 13.0. The number of hydrogen-bond donors (Lipinski definition) is 6. The summed E-state index contributed by atoms with van der Waals surface area (Å²) in [5, 5.41) is 15.3. The van der Waals surface area contributed by atoms with Crippen molar-refractivity contribution in [3.8, 4) is 0 Å². The van der Waals surface area contributed by atoms with E-state index in [1.165, 1.54) is 11.8 Å². The Kier molecular flexibility index (Phi) is 9.54. The van der Waals surface area contributed by atoms with Gasteiger partial charge in [0.15, 0.2) is 0 Å². The molecular weight excluding hydrogens is 434 g/mol. The van der Waals surface area contributed by atoms with E-state index in [2.05, 4.69) is 15.6 Å². The van der Waals surface area contributed by atoms with Crippen LogP contribution in [-0.2, 0) is 25.6 Å². The summed E-state index contributed by atoms with van der Waals surface area (Å²) in [4.78, 5) is 50.9. The molecule has 2 rings (SSSR count). The fourth-order valence-corrected chi connectivity index (χ4v) is 3.70. The van der Waals surface area contributed by atoms with E-state index >= 15 is 0 Å². The number of rotatable bonds is 13.